The number of rotatable bonds is 8. The van der Waals surface area contributed by atoms with Crippen molar-refractivity contribution < 1.29 is 9.53 Å². The molecule has 1 atom stereocenters. The SMILES string of the molecule is C=CCN(CCOC)C(=O)CC(N)CC. The lowest BCUT2D eigenvalue weighted by Crippen LogP contribution is -2.37. The number of nitrogens with zero attached hydrogens (tertiary/aromatic N) is 1. The van der Waals surface area contributed by atoms with Crippen LogP contribution in [-0.4, -0.2) is 43.7 Å². The first kappa shape index (κ1) is 14.1. The summed E-state index contributed by atoms with van der Waals surface area (Å²) in [6, 6.07) is -0.0487. The standard InChI is InChI=1S/C11H22N2O2/c1-4-6-13(7-8-15-3)11(14)9-10(12)5-2/h4,10H,1,5-9,12H2,2-3H3. The number of nitrogens with two attached hydrogens (primary N) is 1. The second-order valence-electron chi connectivity index (χ2n) is 3.49. The van der Waals surface area contributed by atoms with E-state index in [4.69, 9.17) is 10.5 Å². The fourth-order valence-corrected chi connectivity index (χ4v) is 1.17. The van der Waals surface area contributed by atoms with Crippen LogP contribution in [0.25, 0.3) is 0 Å². The topological polar surface area (TPSA) is 55.6 Å². The molecule has 0 fully saturated rings. The van der Waals surface area contributed by atoms with Crippen LogP contribution in [0.2, 0.25) is 0 Å². The monoisotopic (exact) mass is 214 g/mol. The number of ether oxygens (including phenoxy) is 1. The maximum absolute atomic E-state index is 11.8. The van der Waals surface area contributed by atoms with Crippen LogP contribution >= 0.6 is 0 Å². The van der Waals surface area contributed by atoms with Crippen molar-refractivity contribution in [1.29, 1.82) is 0 Å². The van der Waals surface area contributed by atoms with E-state index >= 15 is 0 Å². The van der Waals surface area contributed by atoms with E-state index in [-0.39, 0.29) is 11.9 Å². The van der Waals surface area contributed by atoms with Crippen LogP contribution in [0.15, 0.2) is 12.7 Å². The second-order valence-corrected chi connectivity index (χ2v) is 3.49. The van der Waals surface area contributed by atoms with Crippen molar-refractivity contribution in [3.63, 3.8) is 0 Å². The van der Waals surface area contributed by atoms with Gasteiger partial charge in [0.05, 0.1) is 6.61 Å². The second kappa shape index (κ2) is 8.44. The van der Waals surface area contributed by atoms with Crippen LogP contribution in [0.4, 0.5) is 0 Å². The molecule has 4 heteroatoms. The molecule has 0 spiro atoms. The summed E-state index contributed by atoms with van der Waals surface area (Å²) in [4.78, 5) is 13.5. The van der Waals surface area contributed by atoms with Gasteiger partial charge in [0.25, 0.3) is 0 Å². The third-order valence-corrected chi connectivity index (χ3v) is 2.23. The van der Waals surface area contributed by atoms with Gasteiger partial charge in [-0.25, -0.2) is 0 Å². The van der Waals surface area contributed by atoms with E-state index in [9.17, 15) is 4.79 Å². The maximum Gasteiger partial charge on any atom is 0.224 e. The predicted octanol–water partition coefficient (Wildman–Crippen LogP) is 0.775. The maximum atomic E-state index is 11.8. The number of carbonyl (C=O) groups excluding carboxylic acids is 1. The van der Waals surface area contributed by atoms with Gasteiger partial charge in [-0.05, 0) is 6.42 Å². The molecule has 1 amide bonds. The zero-order valence-electron chi connectivity index (χ0n) is 9.74. The van der Waals surface area contributed by atoms with E-state index in [0.717, 1.165) is 6.42 Å². The Morgan fingerprint density at radius 2 is 2.33 bits per heavy atom. The van der Waals surface area contributed by atoms with Crippen molar-refractivity contribution >= 4 is 5.91 Å². The third-order valence-electron chi connectivity index (χ3n) is 2.23. The minimum atomic E-state index is -0.0487. The lowest BCUT2D eigenvalue weighted by molar-refractivity contribution is -0.131. The van der Waals surface area contributed by atoms with Crippen LogP contribution in [0.5, 0.6) is 0 Å². The molecule has 15 heavy (non-hydrogen) atoms. The number of hydrogen-bond acceptors (Lipinski definition) is 3. The summed E-state index contributed by atoms with van der Waals surface area (Å²) < 4.78 is 4.94. The molecule has 0 aliphatic carbocycles. The summed E-state index contributed by atoms with van der Waals surface area (Å²) >= 11 is 0. The van der Waals surface area contributed by atoms with Crippen LogP contribution in [0.1, 0.15) is 19.8 Å². The van der Waals surface area contributed by atoms with Gasteiger partial charge in [-0.3, -0.25) is 4.79 Å². The molecular formula is C11H22N2O2. The molecule has 0 aliphatic rings. The summed E-state index contributed by atoms with van der Waals surface area (Å²) in [6.07, 6.45) is 2.93. The van der Waals surface area contributed by atoms with Gasteiger partial charge in [0.15, 0.2) is 0 Å². The Kier molecular flexibility index (Phi) is 7.95. The van der Waals surface area contributed by atoms with Gasteiger partial charge in [-0.1, -0.05) is 13.0 Å². The Balaban J connectivity index is 4.08. The Hall–Kier alpha value is -0.870. The summed E-state index contributed by atoms with van der Waals surface area (Å²) in [6.45, 7) is 7.29. The first-order valence-electron chi connectivity index (χ1n) is 5.28. The van der Waals surface area contributed by atoms with E-state index in [2.05, 4.69) is 6.58 Å². The lowest BCUT2D eigenvalue weighted by Gasteiger charge is -2.22. The van der Waals surface area contributed by atoms with E-state index in [1.54, 1.807) is 18.1 Å². The fraction of sp³-hybridized carbons (Fsp3) is 0.727. The molecule has 4 nitrogen and oxygen atoms in total. The molecule has 0 aromatic heterocycles. The molecule has 0 saturated heterocycles. The van der Waals surface area contributed by atoms with Crippen molar-refractivity contribution in [2.75, 3.05) is 26.8 Å². The van der Waals surface area contributed by atoms with Crippen LogP contribution in [0, 0.1) is 0 Å². The minimum absolute atomic E-state index is 0.0487. The van der Waals surface area contributed by atoms with Gasteiger partial charge in [0.1, 0.15) is 0 Å². The zero-order chi connectivity index (χ0) is 11.7. The quantitative estimate of drug-likeness (QED) is 0.607. The van der Waals surface area contributed by atoms with Crippen molar-refractivity contribution in [2.24, 2.45) is 5.73 Å². The molecule has 1 unspecified atom stereocenters. The number of hydrogen-bond donors (Lipinski definition) is 1. The van der Waals surface area contributed by atoms with E-state index < -0.39 is 0 Å². The summed E-state index contributed by atoms with van der Waals surface area (Å²) in [5.41, 5.74) is 5.73. The first-order chi connectivity index (χ1) is 7.15. The number of carbonyl (C=O) groups is 1. The molecule has 0 saturated carbocycles. The molecule has 0 heterocycles. The Labute approximate surface area is 92.1 Å². The Morgan fingerprint density at radius 1 is 1.67 bits per heavy atom. The summed E-state index contributed by atoms with van der Waals surface area (Å²) in [5, 5.41) is 0. The zero-order valence-corrected chi connectivity index (χ0v) is 9.74. The molecule has 2 N–H and O–H groups in total. The van der Waals surface area contributed by atoms with Gasteiger partial charge < -0.3 is 15.4 Å². The van der Waals surface area contributed by atoms with Gasteiger partial charge in [0, 0.05) is 32.7 Å². The highest BCUT2D eigenvalue weighted by Gasteiger charge is 2.14. The van der Waals surface area contributed by atoms with Gasteiger partial charge >= 0.3 is 0 Å². The number of methoxy groups -OCH3 is 1. The van der Waals surface area contributed by atoms with Crippen LogP contribution in [0.3, 0.4) is 0 Å². The van der Waals surface area contributed by atoms with E-state index in [1.807, 2.05) is 6.92 Å². The molecule has 0 aliphatic heterocycles. The Morgan fingerprint density at radius 3 is 2.80 bits per heavy atom. The van der Waals surface area contributed by atoms with Crippen LogP contribution < -0.4 is 5.73 Å². The highest BCUT2D eigenvalue weighted by Crippen LogP contribution is 2.00. The average molecular weight is 214 g/mol. The summed E-state index contributed by atoms with van der Waals surface area (Å²) in [7, 11) is 1.62. The highest BCUT2D eigenvalue weighted by atomic mass is 16.5. The van der Waals surface area contributed by atoms with Gasteiger partial charge in [-0.15, -0.1) is 6.58 Å². The normalized spacial score (nSPS) is 12.2. The first-order valence-corrected chi connectivity index (χ1v) is 5.28. The minimum Gasteiger partial charge on any atom is -0.383 e. The smallest absolute Gasteiger partial charge is 0.224 e. The molecular weight excluding hydrogens is 192 g/mol. The molecule has 0 bridgehead atoms. The van der Waals surface area contributed by atoms with Crippen molar-refractivity contribution in [3.05, 3.63) is 12.7 Å². The van der Waals surface area contributed by atoms with E-state index in [0.29, 0.717) is 26.1 Å². The fourth-order valence-electron chi connectivity index (χ4n) is 1.17. The third kappa shape index (κ3) is 6.25. The molecule has 0 rings (SSSR count). The van der Waals surface area contributed by atoms with E-state index in [1.165, 1.54) is 0 Å². The largest absolute Gasteiger partial charge is 0.383 e. The molecule has 0 aromatic rings. The van der Waals surface area contributed by atoms with Gasteiger partial charge in [0.2, 0.25) is 5.91 Å². The highest BCUT2D eigenvalue weighted by molar-refractivity contribution is 5.76. The molecule has 0 aromatic carbocycles. The van der Waals surface area contributed by atoms with Gasteiger partial charge in [-0.2, -0.15) is 0 Å². The molecule has 88 valence electrons. The summed E-state index contributed by atoms with van der Waals surface area (Å²) in [5.74, 6) is 0.0706. The van der Waals surface area contributed by atoms with Crippen molar-refractivity contribution in [1.82, 2.24) is 4.90 Å². The predicted molar refractivity (Wildman–Crippen MR) is 61.5 cm³/mol. The van der Waals surface area contributed by atoms with Crippen molar-refractivity contribution in [2.45, 2.75) is 25.8 Å². The lowest BCUT2D eigenvalue weighted by atomic mass is 10.1. The Bertz CT molecular complexity index is 195. The van der Waals surface area contributed by atoms with Crippen molar-refractivity contribution in [3.8, 4) is 0 Å². The molecule has 0 radical (unpaired) electrons. The average Bonchev–Trinajstić information content (AvgIpc) is 2.23. The number of amides is 1. The van der Waals surface area contributed by atoms with Crippen LogP contribution in [-0.2, 0) is 9.53 Å².